The Labute approximate surface area is 147 Å². The molecule has 0 spiro atoms. The number of fused-ring (bicyclic) bond motifs is 2. The van der Waals surface area contributed by atoms with E-state index in [4.69, 9.17) is 9.47 Å². The van der Waals surface area contributed by atoms with Crippen LogP contribution in [0.1, 0.15) is 22.4 Å². The summed E-state index contributed by atoms with van der Waals surface area (Å²) in [6.45, 7) is 3.93. The van der Waals surface area contributed by atoms with Crippen molar-refractivity contribution in [3.63, 3.8) is 0 Å². The molecule has 0 bridgehead atoms. The van der Waals surface area contributed by atoms with E-state index in [1.807, 2.05) is 26.0 Å². The van der Waals surface area contributed by atoms with Crippen LogP contribution in [0.2, 0.25) is 0 Å². The van der Waals surface area contributed by atoms with Crippen molar-refractivity contribution >= 4 is 16.7 Å². The third-order valence-electron chi connectivity index (χ3n) is 4.51. The fourth-order valence-corrected chi connectivity index (χ4v) is 2.97. The molecule has 0 radical (unpaired) electrons. The predicted molar refractivity (Wildman–Crippen MR) is 93.9 cm³/mol. The molecular formula is C18H15N3O5. The number of nitrogens with zero attached hydrogens (tertiary/aromatic N) is 2. The van der Waals surface area contributed by atoms with E-state index in [1.165, 1.54) is 12.1 Å². The van der Waals surface area contributed by atoms with Gasteiger partial charge in [0.2, 0.25) is 6.79 Å². The Morgan fingerprint density at radius 3 is 2.58 bits per heavy atom. The van der Waals surface area contributed by atoms with Crippen molar-refractivity contribution in [3.8, 4) is 11.5 Å². The first kappa shape index (κ1) is 16.1. The summed E-state index contributed by atoms with van der Waals surface area (Å²) in [4.78, 5) is 30.5. The number of aromatic nitrogens is 2. The number of aromatic amines is 1. The minimum absolute atomic E-state index is 0.0172. The number of benzene rings is 2. The van der Waals surface area contributed by atoms with Crippen LogP contribution < -0.4 is 15.0 Å². The molecule has 0 saturated carbocycles. The smallest absolute Gasteiger partial charge is 0.276 e. The van der Waals surface area contributed by atoms with E-state index in [-0.39, 0.29) is 30.2 Å². The summed E-state index contributed by atoms with van der Waals surface area (Å²) in [6.07, 6.45) is 0.0190. The van der Waals surface area contributed by atoms with Gasteiger partial charge in [0.1, 0.15) is 5.69 Å². The van der Waals surface area contributed by atoms with Gasteiger partial charge >= 0.3 is 0 Å². The molecule has 1 aromatic heterocycles. The maximum atomic E-state index is 12.4. The fourth-order valence-electron chi connectivity index (χ4n) is 2.97. The van der Waals surface area contributed by atoms with E-state index < -0.39 is 4.92 Å². The van der Waals surface area contributed by atoms with E-state index in [1.54, 1.807) is 0 Å². The number of hydrogen-bond acceptors (Lipinski definition) is 6. The fraction of sp³-hybridized carbons (Fsp3) is 0.222. The maximum Gasteiger partial charge on any atom is 0.276 e. The number of nitrogens with one attached hydrogen (secondary N) is 1. The second-order valence-corrected chi connectivity index (χ2v) is 6.23. The van der Waals surface area contributed by atoms with Crippen LogP contribution in [0.5, 0.6) is 11.5 Å². The van der Waals surface area contributed by atoms with Crippen molar-refractivity contribution in [1.29, 1.82) is 0 Å². The number of rotatable bonds is 3. The highest BCUT2D eigenvalue weighted by molar-refractivity contribution is 5.76. The highest BCUT2D eigenvalue weighted by atomic mass is 16.7. The summed E-state index contributed by atoms with van der Waals surface area (Å²) >= 11 is 0. The summed E-state index contributed by atoms with van der Waals surface area (Å²) in [6, 6.07) is 6.61. The van der Waals surface area contributed by atoms with Gasteiger partial charge in [0.15, 0.2) is 11.5 Å². The molecule has 8 nitrogen and oxygen atoms in total. The van der Waals surface area contributed by atoms with Gasteiger partial charge in [-0.2, -0.15) is 0 Å². The Morgan fingerprint density at radius 2 is 1.85 bits per heavy atom. The summed E-state index contributed by atoms with van der Waals surface area (Å²) in [7, 11) is 0. The molecule has 0 unspecified atom stereocenters. The number of ether oxygens (including phenoxy) is 2. The van der Waals surface area contributed by atoms with E-state index in [0.29, 0.717) is 28.1 Å². The van der Waals surface area contributed by atoms with Crippen LogP contribution in [0.4, 0.5) is 5.69 Å². The lowest BCUT2D eigenvalue weighted by Gasteiger charge is -2.07. The Morgan fingerprint density at radius 1 is 1.15 bits per heavy atom. The van der Waals surface area contributed by atoms with Crippen molar-refractivity contribution in [1.82, 2.24) is 9.97 Å². The van der Waals surface area contributed by atoms with Crippen LogP contribution >= 0.6 is 0 Å². The molecule has 1 aliphatic heterocycles. The molecule has 1 aliphatic rings. The van der Waals surface area contributed by atoms with Gasteiger partial charge in [0.25, 0.3) is 11.2 Å². The molecular weight excluding hydrogens is 338 g/mol. The van der Waals surface area contributed by atoms with Crippen molar-refractivity contribution in [2.24, 2.45) is 0 Å². The highest BCUT2D eigenvalue weighted by Crippen LogP contribution is 2.38. The highest BCUT2D eigenvalue weighted by Gasteiger charge is 2.24. The zero-order valence-electron chi connectivity index (χ0n) is 14.2. The van der Waals surface area contributed by atoms with E-state index in [0.717, 1.165) is 11.1 Å². The van der Waals surface area contributed by atoms with Crippen molar-refractivity contribution < 1.29 is 14.4 Å². The average Bonchev–Trinajstić information content (AvgIpc) is 3.04. The first-order valence-electron chi connectivity index (χ1n) is 7.99. The molecule has 0 saturated heterocycles. The van der Waals surface area contributed by atoms with Crippen LogP contribution in [-0.2, 0) is 6.42 Å². The Bertz CT molecular complexity index is 1120. The molecule has 3 aromatic rings. The second-order valence-electron chi connectivity index (χ2n) is 6.23. The SMILES string of the molecule is Cc1cc2nc(Cc3cc4c(cc3[N+](=O)[O-])OCO4)c(=O)[nH]c2cc1C. The predicted octanol–water partition coefficient (Wildman–Crippen LogP) is 2.77. The maximum absolute atomic E-state index is 12.4. The minimum atomic E-state index is -0.500. The van der Waals surface area contributed by atoms with Crippen LogP contribution in [0.25, 0.3) is 11.0 Å². The summed E-state index contributed by atoms with van der Waals surface area (Å²) in [5.41, 5.74) is 3.45. The van der Waals surface area contributed by atoms with E-state index in [9.17, 15) is 14.9 Å². The lowest BCUT2D eigenvalue weighted by atomic mass is 10.1. The zero-order valence-corrected chi connectivity index (χ0v) is 14.2. The molecule has 0 aliphatic carbocycles. The standard InChI is InChI=1S/C18H15N3O5/c1-9-3-12-13(4-10(9)2)20-18(22)14(19-12)5-11-6-16-17(26-8-25-16)7-15(11)21(23)24/h3-4,6-7H,5,8H2,1-2H3,(H,20,22). The van der Waals surface area contributed by atoms with Gasteiger partial charge < -0.3 is 14.5 Å². The molecule has 132 valence electrons. The van der Waals surface area contributed by atoms with Gasteiger partial charge in [0, 0.05) is 12.0 Å². The summed E-state index contributed by atoms with van der Waals surface area (Å²) < 4.78 is 10.5. The number of hydrogen-bond donors (Lipinski definition) is 1. The van der Waals surface area contributed by atoms with Crippen LogP contribution in [0.3, 0.4) is 0 Å². The van der Waals surface area contributed by atoms with Gasteiger partial charge in [-0.15, -0.1) is 0 Å². The number of nitro benzene ring substituents is 1. The summed E-state index contributed by atoms with van der Waals surface area (Å²) in [5, 5.41) is 11.4. The number of nitro groups is 1. The largest absolute Gasteiger partial charge is 0.454 e. The first-order valence-corrected chi connectivity index (χ1v) is 7.99. The second kappa shape index (κ2) is 5.83. The topological polar surface area (TPSA) is 107 Å². The molecule has 0 fully saturated rings. The quantitative estimate of drug-likeness (QED) is 0.573. The molecule has 4 rings (SSSR count). The molecule has 2 aromatic carbocycles. The average molecular weight is 353 g/mol. The Hall–Kier alpha value is -3.42. The first-order chi connectivity index (χ1) is 12.4. The lowest BCUT2D eigenvalue weighted by Crippen LogP contribution is -2.16. The van der Waals surface area contributed by atoms with Gasteiger partial charge in [-0.3, -0.25) is 14.9 Å². The van der Waals surface area contributed by atoms with Gasteiger partial charge in [0.05, 0.1) is 22.0 Å². The van der Waals surface area contributed by atoms with Crippen LogP contribution in [0.15, 0.2) is 29.1 Å². The molecule has 0 amide bonds. The Kier molecular flexibility index (Phi) is 3.61. The van der Waals surface area contributed by atoms with Gasteiger partial charge in [-0.05, 0) is 43.2 Å². The molecule has 2 heterocycles. The molecule has 0 atom stereocenters. The number of aryl methyl sites for hydroxylation is 2. The monoisotopic (exact) mass is 353 g/mol. The van der Waals surface area contributed by atoms with E-state index in [2.05, 4.69) is 9.97 Å². The molecule has 26 heavy (non-hydrogen) atoms. The third-order valence-corrected chi connectivity index (χ3v) is 4.51. The van der Waals surface area contributed by atoms with Crippen LogP contribution in [0, 0.1) is 24.0 Å². The van der Waals surface area contributed by atoms with Gasteiger partial charge in [-0.1, -0.05) is 0 Å². The Balaban J connectivity index is 1.82. The minimum Gasteiger partial charge on any atom is -0.454 e. The third kappa shape index (κ3) is 2.65. The zero-order chi connectivity index (χ0) is 18.4. The molecule has 8 heteroatoms. The number of H-pyrrole nitrogens is 1. The van der Waals surface area contributed by atoms with Crippen molar-refractivity contribution in [3.05, 3.63) is 67.1 Å². The molecule has 1 N–H and O–H groups in total. The van der Waals surface area contributed by atoms with Gasteiger partial charge in [-0.25, -0.2) is 4.98 Å². The van der Waals surface area contributed by atoms with Crippen molar-refractivity contribution in [2.75, 3.05) is 6.79 Å². The lowest BCUT2D eigenvalue weighted by molar-refractivity contribution is -0.385. The summed E-state index contributed by atoms with van der Waals surface area (Å²) in [5.74, 6) is 0.751. The van der Waals surface area contributed by atoms with E-state index >= 15 is 0 Å². The van der Waals surface area contributed by atoms with Crippen molar-refractivity contribution in [2.45, 2.75) is 20.3 Å². The van der Waals surface area contributed by atoms with Crippen LogP contribution in [-0.4, -0.2) is 21.7 Å². The normalized spacial score (nSPS) is 12.5.